The van der Waals surface area contributed by atoms with Crippen molar-refractivity contribution in [3.8, 4) is 23.6 Å². The standard InChI is InChI=1S/C55H79N5O6/c1-11-14-16-18-20-48-47(30-21-40(4)38-56)51(59-65-48)49(54(5,6)7)42-22-26-45(27-23-42)63-35-33-61-31-32-62-34-36-64-46-28-24-43(25-29-46)50(55(8,9)10)52-58-53(66-60-52)44(19-17-15-12-2)37-41(13-3)39-57/h14-17,22-29,40-41,44,47-50H,11-13,18-21,30-37H2,1-10H3/b16-14-,17-15-. The molecule has 1 aliphatic heterocycles. The first-order chi connectivity index (χ1) is 31.7. The second-order valence-corrected chi connectivity index (χ2v) is 19.8. The van der Waals surface area contributed by atoms with E-state index in [-0.39, 0.29) is 52.4 Å². The van der Waals surface area contributed by atoms with E-state index in [1.54, 1.807) is 0 Å². The van der Waals surface area contributed by atoms with Gasteiger partial charge in [0.25, 0.3) is 0 Å². The summed E-state index contributed by atoms with van der Waals surface area (Å²) >= 11 is 0. The lowest BCUT2D eigenvalue weighted by atomic mass is 9.69. The second kappa shape index (κ2) is 27.6. The van der Waals surface area contributed by atoms with E-state index >= 15 is 0 Å². The maximum atomic E-state index is 9.65. The highest BCUT2D eigenvalue weighted by atomic mass is 16.6. The molecule has 0 aliphatic carbocycles. The molecule has 7 unspecified atom stereocenters. The van der Waals surface area contributed by atoms with Crippen molar-refractivity contribution in [1.29, 1.82) is 10.5 Å². The summed E-state index contributed by atoms with van der Waals surface area (Å²) in [5.74, 6) is 2.88. The van der Waals surface area contributed by atoms with Gasteiger partial charge in [-0.15, -0.1) is 0 Å². The topological polar surface area (TPSA) is 145 Å². The predicted octanol–water partition coefficient (Wildman–Crippen LogP) is 13.3. The Balaban J connectivity index is 1.20. The van der Waals surface area contributed by atoms with E-state index < -0.39 is 0 Å². The van der Waals surface area contributed by atoms with E-state index in [1.807, 2.05) is 38.1 Å². The normalized spacial score (nSPS) is 17.7. The Kier molecular flexibility index (Phi) is 22.4. The average Bonchev–Trinajstić information content (AvgIpc) is 3.93. The van der Waals surface area contributed by atoms with Gasteiger partial charge in [0.15, 0.2) is 5.82 Å². The number of aromatic nitrogens is 2. The zero-order chi connectivity index (χ0) is 48.0. The summed E-state index contributed by atoms with van der Waals surface area (Å²) < 4.78 is 29.5. The molecule has 0 fully saturated rings. The zero-order valence-corrected chi connectivity index (χ0v) is 41.8. The number of ether oxygens (including phenoxy) is 4. The molecule has 7 atom stereocenters. The molecular weight excluding hydrogens is 827 g/mol. The monoisotopic (exact) mass is 906 g/mol. The molecule has 2 heterocycles. The number of allylic oxidation sites excluding steroid dienone is 4. The number of nitriles is 2. The number of benzene rings is 2. The van der Waals surface area contributed by atoms with Crippen LogP contribution in [-0.4, -0.2) is 61.6 Å². The molecule has 2 aromatic carbocycles. The van der Waals surface area contributed by atoms with Gasteiger partial charge in [0, 0.05) is 29.6 Å². The van der Waals surface area contributed by atoms with Gasteiger partial charge in [0.2, 0.25) is 5.89 Å². The summed E-state index contributed by atoms with van der Waals surface area (Å²) in [5, 5.41) is 28.4. The molecule has 66 heavy (non-hydrogen) atoms. The van der Waals surface area contributed by atoms with Crippen LogP contribution in [0.2, 0.25) is 0 Å². The Bertz CT molecular complexity index is 2010. The largest absolute Gasteiger partial charge is 0.491 e. The predicted molar refractivity (Wildman–Crippen MR) is 263 cm³/mol. The van der Waals surface area contributed by atoms with E-state index in [9.17, 15) is 10.5 Å². The Morgan fingerprint density at radius 1 is 0.712 bits per heavy atom. The van der Waals surface area contributed by atoms with Crippen molar-refractivity contribution in [3.05, 3.63) is 95.7 Å². The fraction of sp³-hybridized carbons (Fsp3) is 0.618. The van der Waals surface area contributed by atoms with Crippen LogP contribution in [-0.2, 0) is 14.3 Å². The molecule has 11 nitrogen and oxygen atoms in total. The van der Waals surface area contributed by atoms with Crippen molar-refractivity contribution in [2.75, 3.05) is 39.6 Å². The number of rotatable bonds is 29. The molecule has 11 heteroatoms. The summed E-state index contributed by atoms with van der Waals surface area (Å²) in [7, 11) is 0. The Morgan fingerprint density at radius 3 is 1.80 bits per heavy atom. The van der Waals surface area contributed by atoms with Crippen LogP contribution in [0.1, 0.15) is 168 Å². The highest BCUT2D eigenvalue weighted by molar-refractivity contribution is 5.94. The molecule has 0 saturated heterocycles. The molecule has 0 N–H and O–H groups in total. The molecule has 0 amide bonds. The van der Waals surface area contributed by atoms with Crippen LogP contribution in [0.25, 0.3) is 0 Å². The van der Waals surface area contributed by atoms with Gasteiger partial charge in [-0.05, 0) is 111 Å². The first kappa shape index (κ1) is 53.6. The molecule has 0 radical (unpaired) electrons. The molecule has 360 valence electrons. The van der Waals surface area contributed by atoms with Gasteiger partial charge in [0.05, 0.1) is 50.2 Å². The van der Waals surface area contributed by atoms with Crippen LogP contribution in [0.3, 0.4) is 0 Å². The van der Waals surface area contributed by atoms with Gasteiger partial charge in [-0.25, -0.2) is 0 Å². The van der Waals surface area contributed by atoms with E-state index in [0.717, 1.165) is 74.1 Å². The van der Waals surface area contributed by atoms with Gasteiger partial charge in [-0.3, -0.25) is 0 Å². The Hall–Kier alpha value is -4.97. The van der Waals surface area contributed by atoms with Crippen LogP contribution >= 0.6 is 0 Å². The first-order valence-electron chi connectivity index (χ1n) is 24.5. The van der Waals surface area contributed by atoms with Crippen molar-refractivity contribution >= 4 is 5.71 Å². The van der Waals surface area contributed by atoms with E-state index in [4.69, 9.17) is 38.4 Å². The first-order valence-corrected chi connectivity index (χ1v) is 24.5. The zero-order valence-electron chi connectivity index (χ0n) is 41.8. The van der Waals surface area contributed by atoms with Crippen molar-refractivity contribution in [2.24, 2.45) is 33.7 Å². The summed E-state index contributed by atoms with van der Waals surface area (Å²) in [6, 6.07) is 21.3. The Labute approximate surface area is 397 Å². The van der Waals surface area contributed by atoms with Crippen LogP contribution in [0.15, 0.2) is 82.5 Å². The molecule has 1 aromatic heterocycles. The molecule has 0 saturated carbocycles. The lowest BCUT2D eigenvalue weighted by Crippen LogP contribution is -2.34. The maximum absolute atomic E-state index is 9.65. The highest BCUT2D eigenvalue weighted by Gasteiger charge is 2.42. The van der Waals surface area contributed by atoms with Crippen LogP contribution in [0.5, 0.6) is 11.5 Å². The van der Waals surface area contributed by atoms with Gasteiger partial charge in [-0.1, -0.05) is 121 Å². The van der Waals surface area contributed by atoms with Gasteiger partial charge in [-0.2, -0.15) is 15.5 Å². The SMILES string of the molecule is CC/C=C\CCC1ON=C(C(c2ccc(OCCOCCOCCOc3ccc(C(c4noc(C(C/C=C\CC)CC(C#N)CC)n4)C(C)(C)C)cc3)cc2)C(C)(C)C)C1CCC(C)C#N. The third kappa shape index (κ3) is 17.0. The Morgan fingerprint density at radius 2 is 1.27 bits per heavy atom. The van der Waals surface area contributed by atoms with Gasteiger partial charge >= 0.3 is 0 Å². The molecule has 3 aromatic rings. The molecule has 0 spiro atoms. The summed E-state index contributed by atoms with van der Waals surface area (Å²) in [6.07, 6.45) is 16.6. The minimum Gasteiger partial charge on any atom is -0.491 e. The third-order valence-electron chi connectivity index (χ3n) is 12.2. The summed E-state index contributed by atoms with van der Waals surface area (Å²) in [4.78, 5) is 11.1. The minimum atomic E-state index is -0.175. The summed E-state index contributed by atoms with van der Waals surface area (Å²) in [5.41, 5.74) is 3.08. The molecule has 4 rings (SSSR count). The molecule has 0 bridgehead atoms. The van der Waals surface area contributed by atoms with Crippen LogP contribution < -0.4 is 9.47 Å². The van der Waals surface area contributed by atoms with Crippen molar-refractivity contribution in [1.82, 2.24) is 10.1 Å². The third-order valence-corrected chi connectivity index (χ3v) is 12.2. The number of nitrogens with zero attached hydrogens (tertiary/aromatic N) is 5. The number of hydrogen-bond acceptors (Lipinski definition) is 11. The fourth-order valence-corrected chi connectivity index (χ4v) is 8.69. The summed E-state index contributed by atoms with van der Waals surface area (Å²) in [6.45, 7) is 24.3. The van der Waals surface area contributed by atoms with Crippen LogP contribution in [0.4, 0.5) is 0 Å². The van der Waals surface area contributed by atoms with E-state index in [0.29, 0.717) is 57.8 Å². The number of oxime groups is 1. The van der Waals surface area contributed by atoms with Crippen molar-refractivity contribution < 1.29 is 28.3 Å². The van der Waals surface area contributed by atoms with E-state index in [1.165, 1.54) is 5.56 Å². The highest BCUT2D eigenvalue weighted by Crippen LogP contribution is 2.44. The lowest BCUT2D eigenvalue weighted by molar-refractivity contribution is 0.0273. The van der Waals surface area contributed by atoms with Gasteiger partial charge < -0.3 is 28.3 Å². The number of hydrogen-bond donors (Lipinski definition) is 0. The van der Waals surface area contributed by atoms with Crippen molar-refractivity contribution in [3.63, 3.8) is 0 Å². The minimum absolute atomic E-state index is 0.00193. The fourth-order valence-electron chi connectivity index (χ4n) is 8.69. The van der Waals surface area contributed by atoms with Gasteiger partial charge in [0.1, 0.15) is 30.8 Å². The molecule has 1 aliphatic rings. The molecular formula is C55H79N5O6. The lowest BCUT2D eigenvalue weighted by Gasteiger charge is -2.33. The van der Waals surface area contributed by atoms with Crippen LogP contribution in [0, 0.1) is 51.2 Å². The van der Waals surface area contributed by atoms with Crippen molar-refractivity contribution in [2.45, 2.75) is 151 Å². The second-order valence-electron chi connectivity index (χ2n) is 19.8. The smallest absolute Gasteiger partial charge is 0.230 e. The maximum Gasteiger partial charge on any atom is 0.230 e. The average molecular weight is 906 g/mol. The van der Waals surface area contributed by atoms with E-state index in [2.05, 4.69) is 121 Å². The quantitative estimate of drug-likeness (QED) is 0.0487.